The van der Waals surface area contributed by atoms with Crippen LogP contribution in [0.4, 0.5) is 15.6 Å². The Balaban J connectivity index is 2.00. The van der Waals surface area contributed by atoms with Crippen LogP contribution in [0.15, 0.2) is 24.5 Å². The number of urea groups is 1. The van der Waals surface area contributed by atoms with E-state index in [0.29, 0.717) is 20.9 Å². The topological polar surface area (TPSA) is 66.9 Å². The Hall–Kier alpha value is -1.37. The van der Waals surface area contributed by atoms with Crippen molar-refractivity contribution in [3.05, 3.63) is 34.6 Å². The van der Waals surface area contributed by atoms with Gasteiger partial charge in [-0.1, -0.05) is 23.2 Å². The van der Waals surface area contributed by atoms with Crippen LogP contribution in [0.25, 0.3) is 0 Å². The van der Waals surface area contributed by atoms with Crippen molar-refractivity contribution in [3.63, 3.8) is 0 Å². The van der Waals surface area contributed by atoms with Gasteiger partial charge in [0, 0.05) is 17.2 Å². The van der Waals surface area contributed by atoms with Crippen molar-refractivity contribution in [1.29, 1.82) is 0 Å². The number of benzene rings is 1. The summed E-state index contributed by atoms with van der Waals surface area (Å²) in [6, 6.07) is 4.39. The molecule has 0 fully saturated rings. The Morgan fingerprint density at radius 1 is 1.24 bits per heavy atom. The van der Waals surface area contributed by atoms with E-state index in [1.165, 1.54) is 6.33 Å². The molecular formula is C9H6Cl2N4OS. The standard InChI is InChI=1S/C9H6Cl2N4OS/c10-6-2-1-5(3-7(6)11)14-8(16)15-9-12-4-13-17-9/h1-4H,(H2,12,13,14,15,16). The number of halogens is 2. The van der Waals surface area contributed by atoms with Gasteiger partial charge in [-0.25, -0.2) is 9.78 Å². The lowest BCUT2D eigenvalue weighted by Crippen LogP contribution is -2.19. The Labute approximate surface area is 111 Å². The molecule has 2 rings (SSSR count). The van der Waals surface area contributed by atoms with Gasteiger partial charge in [0.25, 0.3) is 0 Å². The van der Waals surface area contributed by atoms with Crippen LogP contribution in [0.5, 0.6) is 0 Å². The van der Waals surface area contributed by atoms with Crippen molar-refractivity contribution < 1.29 is 4.79 Å². The minimum atomic E-state index is -0.417. The number of nitrogens with zero attached hydrogens (tertiary/aromatic N) is 2. The second kappa shape index (κ2) is 5.31. The van der Waals surface area contributed by atoms with E-state index in [0.717, 1.165) is 11.5 Å². The molecule has 0 aliphatic heterocycles. The molecule has 0 aliphatic rings. The molecule has 0 spiro atoms. The number of carbonyl (C=O) groups is 1. The molecule has 0 radical (unpaired) electrons. The van der Waals surface area contributed by atoms with E-state index in [9.17, 15) is 4.79 Å². The van der Waals surface area contributed by atoms with Crippen LogP contribution in [0.3, 0.4) is 0 Å². The van der Waals surface area contributed by atoms with E-state index >= 15 is 0 Å². The van der Waals surface area contributed by atoms with Crippen LogP contribution < -0.4 is 10.6 Å². The Morgan fingerprint density at radius 3 is 2.71 bits per heavy atom. The second-order valence-corrected chi connectivity index (χ2v) is 4.55. The van der Waals surface area contributed by atoms with E-state index in [1.807, 2.05) is 0 Å². The van der Waals surface area contributed by atoms with E-state index in [1.54, 1.807) is 18.2 Å². The van der Waals surface area contributed by atoms with Gasteiger partial charge in [-0.3, -0.25) is 5.32 Å². The van der Waals surface area contributed by atoms with Crippen LogP contribution in [0, 0.1) is 0 Å². The third kappa shape index (κ3) is 3.29. The number of anilines is 2. The van der Waals surface area contributed by atoms with E-state index in [2.05, 4.69) is 20.0 Å². The predicted molar refractivity (Wildman–Crippen MR) is 69.0 cm³/mol. The van der Waals surface area contributed by atoms with Crippen LogP contribution in [0.2, 0.25) is 10.0 Å². The van der Waals surface area contributed by atoms with Crippen molar-refractivity contribution in [2.24, 2.45) is 0 Å². The van der Waals surface area contributed by atoms with Crippen LogP contribution >= 0.6 is 34.7 Å². The average Bonchev–Trinajstić information content (AvgIpc) is 2.76. The monoisotopic (exact) mass is 288 g/mol. The molecular weight excluding hydrogens is 283 g/mol. The summed E-state index contributed by atoms with van der Waals surface area (Å²) in [6.07, 6.45) is 1.36. The lowest BCUT2D eigenvalue weighted by Gasteiger charge is -2.05. The summed E-state index contributed by atoms with van der Waals surface area (Å²) in [4.78, 5) is 15.3. The molecule has 2 amide bonds. The largest absolute Gasteiger partial charge is 0.325 e. The fourth-order valence-corrected chi connectivity index (χ4v) is 1.79. The number of aromatic nitrogens is 2. The number of nitrogens with one attached hydrogen (secondary N) is 2. The zero-order valence-corrected chi connectivity index (χ0v) is 10.6. The quantitative estimate of drug-likeness (QED) is 0.889. The molecule has 0 bridgehead atoms. The third-order valence-corrected chi connectivity index (χ3v) is 3.08. The molecule has 17 heavy (non-hydrogen) atoms. The summed E-state index contributed by atoms with van der Waals surface area (Å²) < 4.78 is 3.76. The smallest absolute Gasteiger partial charge is 0.308 e. The maximum absolute atomic E-state index is 11.5. The van der Waals surface area contributed by atoms with Crippen LogP contribution in [0.1, 0.15) is 0 Å². The highest BCUT2D eigenvalue weighted by molar-refractivity contribution is 7.09. The van der Waals surface area contributed by atoms with Gasteiger partial charge in [-0.05, 0) is 18.2 Å². The van der Waals surface area contributed by atoms with Crippen LogP contribution in [-0.4, -0.2) is 15.4 Å². The van der Waals surface area contributed by atoms with Gasteiger partial charge < -0.3 is 5.32 Å². The summed E-state index contributed by atoms with van der Waals surface area (Å²) in [5.74, 6) is 0. The molecule has 0 atom stereocenters. The van der Waals surface area contributed by atoms with Crippen molar-refractivity contribution in [2.45, 2.75) is 0 Å². The van der Waals surface area contributed by atoms with Gasteiger partial charge in [0.2, 0.25) is 5.13 Å². The molecule has 1 aromatic carbocycles. The fraction of sp³-hybridized carbons (Fsp3) is 0. The maximum Gasteiger partial charge on any atom is 0.325 e. The van der Waals surface area contributed by atoms with Gasteiger partial charge >= 0.3 is 6.03 Å². The normalized spacial score (nSPS) is 10.0. The molecule has 2 N–H and O–H groups in total. The number of hydrogen-bond donors (Lipinski definition) is 2. The molecule has 2 aromatic rings. The number of hydrogen-bond acceptors (Lipinski definition) is 4. The summed E-state index contributed by atoms with van der Waals surface area (Å²) >= 11 is 12.7. The first-order chi connectivity index (χ1) is 8.15. The molecule has 8 heteroatoms. The molecule has 0 unspecified atom stereocenters. The van der Waals surface area contributed by atoms with Crippen LogP contribution in [-0.2, 0) is 0 Å². The first-order valence-corrected chi connectivity index (χ1v) is 5.98. The highest BCUT2D eigenvalue weighted by atomic mass is 35.5. The Bertz CT molecular complexity index is 532. The van der Waals surface area contributed by atoms with Gasteiger partial charge in [-0.15, -0.1) is 0 Å². The maximum atomic E-state index is 11.5. The lowest BCUT2D eigenvalue weighted by atomic mass is 10.3. The van der Waals surface area contributed by atoms with Crippen molar-refractivity contribution in [2.75, 3.05) is 10.6 Å². The Morgan fingerprint density at radius 2 is 2.06 bits per heavy atom. The molecule has 88 valence electrons. The zero-order chi connectivity index (χ0) is 12.3. The highest BCUT2D eigenvalue weighted by Gasteiger charge is 2.06. The van der Waals surface area contributed by atoms with Crippen molar-refractivity contribution >= 4 is 51.6 Å². The number of amides is 2. The summed E-state index contributed by atoms with van der Waals surface area (Å²) in [6.45, 7) is 0. The predicted octanol–water partition coefficient (Wildman–Crippen LogP) is 3.49. The Kier molecular flexibility index (Phi) is 3.78. The summed E-state index contributed by atoms with van der Waals surface area (Å²) in [7, 11) is 0. The number of carbonyl (C=O) groups excluding carboxylic acids is 1. The summed E-state index contributed by atoms with van der Waals surface area (Å²) in [5.41, 5.74) is 0.543. The second-order valence-electron chi connectivity index (χ2n) is 2.95. The SMILES string of the molecule is O=C(Nc1ccc(Cl)c(Cl)c1)Nc1ncns1. The number of rotatable bonds is 2. The van der Waals surface area contributed by atoms with Crippen molar-refractivity contribution in [3.8, 4) is 0 Å². The minimum absolute atomic E-state index is 0.375. The van der Waals surface area contributed by atoms with Crippen molar-refractivity contribution in [1.82, 2.24) is 9.36 Å². The molecule has 1 heterocycles. The average molecular weight is 289 g/mol. The minimum Gasteiger partial charge on any atom is -0.308 e. The fourth-order valence-electron chi connectivity index (χ4n) is 1.06. The van der Waals surface area contributed by atoms with Gasteiger partial charge in [0.15, 0.2) is 0 Å². The first kappa shape index (κ1) is 12.1. The lowest BCUT2D eigenvalue weighted by molar-refractivity contribution is 0.262. The van der Waals surface area contributed by atoms with Gasteiger partial charge in [-0.2, -0.15) is 4.37 Å². The van der Waals surface area contributed by atoms with Gasteiger partial charge in [0.1, 0.15) is 6.33 Å². The zero-order valence-electron chi connectivity index (χ0n) is 8.28. The molecule has 0 saturated heterocycles. The van der Waals surface area contributed by atoms with E-state index in [4.69, 9.17) is 23.2 Å². The molecule has 0 aliphatic carbocycles. The first-order valence-electron chi connectivity index (χ1n) is 4.45. The highest BCUT2D eigenvalue weighted by Crippen LogP contribution is 2.25. The van der Waals surface area contributed by atoms with Gasteiger partial charge in [0.05, 0.1) is 10.0 Å². The van der Waals surface area contributed by atoms with E-state index < -0.39 is 6.03 Å². The third-order valence-electron chi connectivity index (χ3n) is 1.76. The molecule has 0 saturated carbocycles. The van der Waals surface area contributed by atoms with E-state index in [-0.39, 0.29) is 0 Å². The summed E-state index contributed by atoms with van der Waals surface area (Å²) in [5, 5.41) is 6.34. The molecule has 5 nitrogen and oxygen atoms in total. The molecule has 1 aromatic heterocycles.